The zero-order chi connectivity index (χ0) is 16.7. The third-order valence-electron chi connectivity index (χ3n) is 3.14. The maximum atomic E-state index is 12.0. The highest BCUT2D eigenvalue weighted by Gasteiger charge is 2.23. The molecule has 3 N–H and O–H groups in total. The van der Waals surface area contributed by atoms with Crippen molar-refractivity contribution in [2.24, 2.45) is 0 Å². The average Bonchev–Trinajstić information content (AvgIpc) is 2.40. The van der Waals surface area contributed by atoms with Crippen LogP contribution in [-0.2, 0) is 10.0 Å². The second-order valence-electron chi connectivity index (χ2n) is 4.72. The van der Waals surface area contributed by atoms with Crippen molar-refractivity contribution in [3.05, 3.63) is 37.4 Å². The fraction of sp³-hybridized carbons (Fsp3) is 0.333. The van der Waals surface area contributed by atoms with Crippen molar-refractivity contribution in [3.63, 3.8) is 0 Å². The van der Waals surface area contributed by atoms with Gasteiger partial charge in [0.2, 0.25) is 10.0 Å². The van der Waals surface area contributed by atoms with Gasteiger partial charge in [-0.2, -0.15) is 0 Å². The number of anilines is 1. The molecule has 0 unspecified atom stereocenters. The normalized spacial score (nSPS) is 11.8. The summed E-state index contributed by atoms with van der Waals surface area (Å²) < 4.78 is 24.9. The molecule has 22 heavy (non-hydrogen) atoms. The van der Waals surface area contributed by atoms with E-state index in [1.54, 1.807) is 6.92 Å². The molecular weight excluding hydrogens is 334 g/mol. The second kappa shape index (κ2) is 5.75. The molecule has 0 spiro atoms. The molecule has 8 nitrogen and oxygen atoms in total. The van der Waals surface area contributed by atoms with Gasteiger partial charge in [-0.25, -0.2) is 8.42 Å². The molecule has 1 aromatic heterocycles. The Morgan fingerprint density at radius 1 is 1.27 bits per heavy atom. The van der Waals surface area contributed by atoms with Crippen molar-refractivity contribution in [2.45, 2.75) is 6.92 Å². The number of rotatable bonds is 4. The number of halogens is 1. The van der Waals surface area contributed by atoms with E-state index in [9.17, 15) is 18.0 Å². The number of hydrogen-bond acceptors (Lipinski definition) is 5. The smallest absolute Gasteiger partial charge is 0.314 e. The first kappa shape index (κ1) is 16.5. The van der Waals surface area contributed by atoms with Gasteiger partial charge in [0.25, 0.3) is 0 Å². The molecule has 10 heteroatoms. The first-order valence-corrected chi connectivity index (χ1v) is 8.43. The molecule has 1 heterocycles. The third kappa shape index (κ3) is 2.87. The summed E-state index contributed by atoms with van der Waals surface area (Å²) in [6, 6.07) is 1.42. The summed E-state index contributed by atoms with van der Waals surface area (Å²) in [6.45, 7) is 0.945. The average molecular weight is 348 g/mol. The predicted molar refractivity (Wildman–Crippen MR) is 84.2 cm³/mol. The Labute approximate surface area is 130 Å². The first-order chi connectivity index (χ1) is 10.2. The molecule has 0 atom stereocenters. The molecule has 0 aliphatic heterocycles. The maximum absolute atomic E-state index is 12.0. The number of nitrogens with one attached hydrogen (secondary N) is 2. The quantitative estimate of drug-likeness (QED) is 0.668. The standard InChI is InChI=1S/C12H14ClN3O5S/c1-6-7(13)5-8-9(15-12(19)11(18)14-8)10(6)16(3-4-17)22(2,20)21/h5,17H,3-4H2,1-2H3,(H,14,18)(H,15,19). The summed E-state index contributed by atoms with van der Waals surface area (Å²) >= 11 is 6.08. The highest BCUT2D eigenvalue weighted by Crippen LogP contribution is 2.34. The van der Waals surface area contributed by atoms with Gasteiger partial charge in [0.15, 0.2) is 0 Å². The van der Waals surface area contributed by atoms with Crippen molar-refractivity contribution >= 4 is 38.3 Å². The van der Waals surface area contributed by atoms with Crippen LogP contribution in [0.15, 0.2) is 15.7 Å². The Hall–Kier alpha value is -1.84. The fourth-order valence-electron chi connectivity index (χ4n) is 2.16. The number of hydrogen-bond donors (Lipinski definition) is 3. The number of aromatic amines is 2. The lowest BCUT2D eigenvalue weighted by Crippen LogP contribution is -2.35. The molecule has 0 saturated heterocycles. The van der Waals surface area contributed by atoms with Crippen LogP contribution in [0.4, 0.5) is 5.69 Å². The van der Waals surface area contributed by atoms with E-state index < -0.39 is 27.7 Å². The number of H-pyrrole nitrogens is 2. The molecule has 2 aromatic rings. The van der Waals surface area contributed by atoms with E-state index in [1.165, 1.54) is 6.07 Å². The topological polar surface area (TPSA) is 123 Å². The van der Waals surface area contributed by atoms with E-state index in [0.717, 1.165) is 10.6 Å². The van der Waals surface area contributed by atoms with E-state index in [0.29, 0.717) is 5.56 Å². The molecule has 0 radical (unpaired) electrons. The van der Waals surface area contributed by atoms with Crippen molar-refractivity contribution in [3.8, 4) is 0 Å². The maximum Gasteiger partial charge on any atom is 0.314 e. The van der Waals surface area contributed by atoms with E-state index in [2.05, 4.69) is 9.97 Å². The van der Waals surface area contributed by atoms with E-state index in [4.69, 9.17) is 16.7 Å². The first-order valence-electron chi connectivity index (χ1n) is 6.20. The van der Waals surface area contributed by atoms with Gasteiger partial charge < -0.3 is 15.1 Å². The van der Waals surface area contributed by atoms with Crippen molar-refractivity contribution in [2.75, 3.05) is 23.7 Å². The monoisotopic (exact) mass is 347 g/mol. The number of fused-ring (bicyclic) bond motifs is 1. The summed E-state index contributed by atoms with van der Waals surface area (Å²) in [6.07, 6.45) is 0.971. The zero-order valence-corrected chi connectivity index (χ0v) is 13.4. The second-order valence-corrected chi connectivity index (χ2v) is 7.04. The Morgan fingerprint density at radius 3 is 2.41 bits per heavy atom. The minimum Gasteiger partial charge on any atom is -0.394 e. The number of benzene rings is 1. The van der Waals surface area contributed by atoms with Crippen LogP contribution in [0.1, 0.15) is 5.56 Å². The van der Waals surface area contributed by atoms with Crippen LogP contribution in [0.3, 0.4) is 0 Å². The zero-order valence-electron chi connectivity index (χ0n) is 11.8. The fourth-order valence-corrected chi connectivity index (χ4v) is 3.33. The molecule has 0 aliphatic carbocycles. The SMILES string of the molecule is Cc1c(Cl)cc2[nH]c(=O)c(=O)[nH]c2c1N(CCO)S(C)(=O)=O. The van der Waals surface area contributed by atoms with Crippen LogP contribution in [0.2, 0.25) is 5.02 Å². The number of aliphatic hydroxyl groups excluding tert-OH is 1. The van der Waals surface area contributed by atoms with Gasteiger partial charge >= 0.3 is 11.1 Å². The van der Waals surface area contributed by atoms with Crippen LogP contribution in [0.5, 0.6) is 0 Å². The summed E-state index contributed by atoms with van der Waals surface area (Å²) in [5.41, 5.74) is -0.935. The molecule has 120 valence electrons. The van der Waals surface area contributed by atoms with Crippen LogP contribution >= 0.6 is 11.6 Å². The lowest BCUT2D eigenvalue weighted by atomic mass is 10.1. The third-order valence-corrected chi connectivity index (χ3v) is 4.69. The number of aromatic nitrogens is 2. The molecule has 0 bridgehead atoms. The summed E-state index contributed by atoms with van der Waals surface area (Å²) in [4.78, 5) is 27.7. The van der Waals surface area contributed by atoms with Gasteiger partial charge in [-0.05, 0) is 18.6 Å². The predicted octanol–water partition coefficient (Wildman–Crippen LogP) is -0.0635. The molecule has 1 aromatic carbocycles. The Bertz CT molecular complexity index is 948. The van der Waals surface area contributed by atoms with Crippen LogP contribution in [-0.4, -0.2) is 42.9 Å². The van der Waals surface area contributed by atoms with Crippen molar-refractivity contribution in [1.29, 1.82) is 0 Å². The summed E-state index contributed by atoms with van der Waals surface area (Å²) in [5.74, 6) is 0. The van der Waals surface area contributed by atoms with Crippen LogP contribution < -0.4 is 15.4 Å². The van der Waals surface area contributed by atoms with Gasteiger partial charge in [-0.3, -0.25) is 13.9 Å². The Morgan fingerprint density at radius 2 is 1.86 bits per heavy atom. The van der Waals surface area contributed by atoms with Crippen LogP contribution in [0.25, 0.3) is 11.0 Å². The lowest BCUT2D eigenvalue weighted by Gasteiger charge is -2.25. The van der Waals surface area contributed by atoms with Gasteiger partial charge in [0.1, 0.15) is 0 Å². The van der Waals surface area contributed by atoms with Gasteiger partial charge in [-0.1, -0.05) is 11.6 Å². The largest absolute Gasteiger partial charge is 0.394 e. The van der Waals surface area contributed by atoms with Gasteiger partial charge in [-0.15, -0.1) is 0 Å². The highest BCUT2D eigenvalue weighted by molar-refractivity contribution is 7.92. The van der Waals surface area contributed by atoms with Crippen molar-refractivity contribution < 1.29 is 13.5 Å². The van der Waals surface area contributed by atoms with E-state index in [-0.39, 0.29) is 28.3 Å². The Balaban J connectivity index is 2.97. The highest BCUT2D eigenvalue weighted by atomic mass is 35.5. The van der Waals surface area contributed by atoms with E-state index in [1.807, 2.05) is 0 Å². The molecule has 0 saturated carbocycles. The van der Waals surface area contributed by atoms with Gasteiger partial charge in [0, 0.05) is 5.02 Å². The van der Waals surface area contributed by atoms with Gasteiger partial charge in [0.05, 0.1) is 36.1 Å². The van der Waals surface area contributed by atoms with Crippen molar-refractivity contribution in [1.82, 2.24) is 9.97 Å². The molecule has 0 aliphatic rings. The molecular formula is C12H14ClN3O5S. The minimum atomic E-state index is -3.73. The van der Waals surface area contributed by atoms with Crippen LogP contribution in [0, 0.1) is 6.92 Å². The number of nitrogens with zero attached hydrogens (tertiary/aromatic N) is 1. The minimum absolute atomic E-state index is 0.118. The molecule has 0 fully saturated rings. The molecule has 2 rings (SSSR count). The van der Waals surface area contributed by atoms with E-state index >= 15 is 0 Å². The lowest BCUT2D eigenvalue weighted by molar-refractivity contribution is 0.307. The summed E-state index contributed by atoms with van der Waals surface area (Å²) in [7, 11) is -3.73. The Kier molecular flexibility index (Phi) is 4.32. The molecule has 0 amide bonds. The number of aliphatic hydroxyl groups is 1. The summed E-state index contributed by atoms with van der Waals surface area (Å²) in [5, 5.41) is 9.34. The number of sulfonamides is 1.